The Balaban J connectivity index is 1.68. The van der Waals surface area contributed by atoms with Gasteiger partial charge in [0.15, 0.2) is 0 Å². The number of rotatable bonds is 5. The molecule has 1 amide bonds. The molecule has 0 bridgehead atoms. The van der Waals surface area contributed by atoms with Gasteiger partial charge in [-0.1, -0.05) is 57.4 Å². The highest BCUT2D eigenvalue weighted by molar-refractivity contribution is 5.80. The Bertz CT molecular complexity index is 490. The summed E-state index contributed by atoms with van der Waals surface area (Å²) in [5.74, 6) is 1.64. The first kappa shape index (κ1) is 14.6. The van der Waals surface area contributed by atoms with E-state index in [0.29, 0.717) is 12.5 Å². The molecule has 1 saturated carbocycles. The highest BCUT2D eigenvalue weighted by Gasteiger charge is 2.32. The molecule has 21 heavy (non-hydrogen) atoms. The van der Waals surface area contributed by atoms with Crippen molar-refractivity contribution in [3.63, 3.8) is 0 Å². The Morgan fingerprint density at radius 1 is 1.24 bits per heavy atom. The van der Waals surface area contributed by atoms with Gasteiger partial charge in [-0.05, 0) is 29.4 Å². The highest BCUT2D eigenvalue weighted by Crippen LogP contribution is 2.31. The quantitative estimate of drug-likeness (QED) is 0.899. The number of amides is 1. The molecule has 1 aromatic rings. The molecule has 0 spiro atoms. The average molecular weight is 286 g/mol. The minimum Gasteiger partial charge on any atom is -0.322 e. The van der Waals surface area contributed by atoms with Crippen LogP contribution >= 0.6 is 0 Å². The predicted octanol–water partition coefficient (Wildman–Crippen LogP) is 3.43. The Kier molecular flexibility index (Phi) is 4.29. The molecule has 1 atom stereocenters. The van der Waals surface area contributed by atoms with Gasteiger partial charge < -0.3 is 4.90 Å². The van der Waals surface area contributed by atoms with E-state index in [1.165, 1.54) is 30.4 Å². The zero-order valence-corrected chi connectivity index (χ0v) is 13.1. The number of nitrogens with zero attached hydrogens (tertiary/aromatic N) is 1. The molecule has 3 heteroatoms. The number of benzene rings is 1. The van der Waals surface area contributed by atoms with Gasteiger partial charge in [-0.25, -0.2) is 0 Å². The van der Waals surface area contributed by atoms with Crippen LogP contribution in [0.15, 0.2) is 24.3 Å². The molecule has 2 fully saturated rings. The van der Waals surface area contributed by atoms with E-state index in [9.17, 15) is 4.79 Å². The van der Waals surface area contributed by atoms with E-state index in [1.54, 1.807) is 0 Å². The SMILES string of the molecule is CC(C)c1ccc(C2NCC(=O)N2CCC2CCC2)cc1. The minimum absolute atomic E-state index is 0.0683. The van der Waals surface area contributed by atoms with Crippen LogP contribution in [-0.4, -0.2) is 23.9 Å². The second-order valence-electron chi connectivity index (χ2n) is 6.78. The molecule has 1 aromatic carbocycles. The average Bonchev–Trinajstić information content (AvgIpc) is 2.79. The fourth-order valence-corrected chi connectivity index (χ4v) is 3.26. The van der Waals surface area contributed by atoms with Crippen LogP contribution in [0.25, 0.3) is 0 Å². The van der Waals surface area contributed by atoms with Crippen molar-refractivity contribution in [3.05, 3.63) is 35.4 Å². The van der Waals surface area contributed by atoms with Crippen LogP contribution in [0.4, 0.5) is 0 Å². The summed E-state index contributed by atoms with van der Waals surface area (Å²) in [6.45, 7) is 5.78. The van der Waals surface area contributed by atoms with Gasteiger partial charge in [-0.3, -0.25) is 10.1 Å². The molecule has 1 aliphatic carbocycles. The Hall–Kier alpha value is -1.35. The van der Waals surface area contributed by atoms with E-state index < -0.39 is 0 Å². The minimum atomic E-state index is 0.0683. The maximum absolute atomic E-state index is 12.1. The molecule has 1 unspecified atom stereocenters. The molecule has 1 heterocycles. The standard InChI is InChI=1S/C18H26N2O/c1-13(2)15-6-8-16(9-7-15)18-19-12-17(21)20(18)11-10-14-4-3-5-14/h6-9,13-14,18-19H,3-5,10-12H2,1-2H3. The van der Waals surface area contributed by atoms with E-state index in [1.807, 2.05) is 4.90 Å². The molecule has 114 valence electrons. The Labute approximate surface area is 127 Å². The van der Waals surface area contributed by atoms with Crippen molar-refractivity contribution in [2.45, 2.75) is 51.6 Å². The molecule has 1 N–H and O–H groups in total. The van der Waals surface area contributed by atoms with Crippen LogP contribution in [0.2, 0.25) is 0 Å². The van der Waals surface area contributed by atoms with E-state index in [4.69, 9.17) is 0 Å². The second-order valence-corrected chi connectivity index (χ2v) is 6.78. The largest absolute Gasteiger partial charge is 0.322 e. The third-order valence-electron chi connectivity index (χ3n) is 5.00. The van der Waals surface area contributed by atoms with Crippen molar-refractivity contribution >= 4 is 5.91 Å². The number of carbonyl (C=O) groups is 1. The van der Waals surface area contributed by atoms with Gasteiger partial charge in [0.25, 0.3) is 0 Å². The first-order valence-corrected chi connectivity index (χ1v) is 8.28. The van der Waals surface area contributed by atoms with Gasteiger partial charge in [0.05, 0.1) is 6.54 Å². The molecular weight excluding hydrogens is 260 g/mol. The van der Waals surface area contributed by atoms with Crippen molar-refractivity contribution in [2.75, 3.05) is 13.1 Å². The van der Waals surface area contributed by atoms with Crippen molar-refractivity contribution < 1.29 is 4.79 Å². The maximum Gasteiger partial charge on any atom is 0.238 e. The summed E-state index contributed by atoms with van der Waals surface area (Å²) < 4.78 is 0. The lowest BCUT2D eigenvalue weighted by Gasteiger charge is -2.30. The summed E-state index contributed by atoms with van der Waals surface area (Å²) in [7, 11) is 0. The van der Waals surface area contributed by atoms with Crippen LogP contribution in [0, 0.1) is 5.92 Å². The number of nitrogens with one attached hydrogen (secondary N) is 1. The van der Waals surface area contributed by atoms with Crippen LogP contribution in [0.1, 0.15) is 62.7 Å². The fourth-order valence-electron chi connectivity index (χ4n) is 3.26. The molecular formula is C18H26N2O. The van der Waals surface area contributed by atoms with Crippen molar-refractivity contribution in [1.82, 2.24) is 10.2 Å². The highest BCUT2D eigenvalue weighted by atomic mass is 16.2. The Morgan fingerprint density at radius 3 is 2.52 bits per heavy atom. The van der Waals surface area contributed by atoms with Crippen molar-refractivity contribution in [1.29, 1.82) is 0 Å². The zero-order chi connectivity index (χ0) is 14.8. The third kappa shape index (κ3) is 3.13. The van der Waals surface area contributed by atoms with Crippen molar-refractivity contribution in [2.24, 2.45) is 5.92 Å². The molecule has 1 saturated heterocycles. The molecule has 0 radical (unpaired) electrons. The van der Waals surface area contributed by atoms with Crippen molar-refractivity contribution in [3.8, 4) is 0 Å². The topological polar surface area (TPSA) is 32.3 Å². The van der Waals surface area contributed by atoms with E-state index in [0.717, 1.165) is 18.9 Å². The third-order valence-corrected chi connectivity index (χ3v) is 5.00. The summed E-state index contributed by atoms with van der Waals surface area (Å²) >= 11 is 0. The van der Waals surface area contributed by atoms with Gasteiger partial charge in [0.2, 0.25) is 5.91 Å². The monoisotopic (exact) mass is 286 g/mol. The molecule has 1 aliphatic heterocycles. The Morgan fingerprint density at radius 2 is 1.95 bits per heavy atom. The summed E-state index contributed by atoms with van der Waals surface area (Å²) in [5, 5.41) is 3.36. The lowest BCUT2D eigenvalue weighted by molar-refractivity contribution is -0.128. The van der Waals surface area contributed by atoms with Gasteiger partial charge in [-0.15, -0.1) is 0 Å². The number of carbonyl (C=O) groups excluding carboxylic acids is 1. The van der Waals surface area contributed by atoms with E-state index in [2.05, 4.69) is 43.4 Å². The second kappa shape index (κ2) is 6.18. The first-order chi connectivity index (χ1) is 10.1. The summed E-state index contributed by atoms with van der Waals surface area (Å²) in [6, 6.07) is 8.72. The summed E-state index contributed by atoms with van der Waals surface area (Å²) in [4.78, 5) is 14.1. The van der Waals surface area contributed by atoms with E-state index >= 15 is 0 Å². The van der Waals surface area contributed by atoms with Gasteiger partial charge >= 0.3 is 0 Å². The number of hydrogen-bond donors (Lipinski definition) is 1. The van der Waals surface area contributed by atoms with Crippen LogP contribution in [0.5, 0.6) is 0 Å². The van der Waals surface area contributed by atoms with E-state index in [-0.39, 0.29) is 12.1 Å². The normalized spacial score (nSPS) is 22.9. The van der Waals surface area contributed by atoms with Gasteiger partial charge in [0.1, 0.15) is 6.17 Å². The van der Waals surface area contributed by atoms with Crippen LogP contribution < -0.4 is 5.32 Å². The summed E-state index contributed by atoms with van der Waals surface area (Å²) in [6.07, 6.45) is 5.30. The smallest absolute Gasteiger partial charge is 0.238 e. The molecule has 2 aliphatic rings. The summed E-state index contributed by atoms with van der Waals surface area (Å²) in [5.41, 5.74) is 2.56. The first-order valence-electron chi connectivity index (χ1n) is 8.28. The lowest BCUT2D eigenvalue weighted by atomic mass is 9.83. The number of hydrogen-bond acceptors (Lipinski definition) is 2. The molecule has 0 aromatic heterocycles. The maximum atomic E-state index is 12.1. The molecule has 3 nitrogen and oxygen atoms in total. The fraction of sp³-hybridized carbons (Fsp3) is 0.611. The predicted molar refractivity (Wildman–Crippen MR) is 84.9 cm³/mol. The lowest BCUT2D eigenvalue weighted by Crippen LogP contribution is -2.33. The van der Waals surface area contributed by atoms with Crippen LogP contribution in [0.3, 0.4) is 0 Å². The van der Waals surface area contributed by atoms with Gasteiger partial charge in [-0.2, -0.15) is 0 Å². The van der Waals surface area contributed by atoms with Crippen LogP contribution in [-0.2, 0) is 4.79 Å². The molecule has 3 rings (SSSR count). The zero-order valence-electron chi connectivity index (χ0n) is 13.1. The van der Waals surface area contributed by atoms with Gasteiger partial charge in [0, 0.05) is 6.54 Å².